The van der Waals surface area contributed by atoms with Crippen LogP contribution in [0.3, 0.4) is 0 Å². The number of hydrogen-bond donors (Lipinski definition) is 0. The molecular weight excluding hydrogens is 265 g/mol. The van der Waals surface area contributed by atoms with Crippen LogP contribution < -0.4 is 0 Å². The Kier molecular flexibility index (Phi) is 2.72. The standard InChI is InChI=1S/C9H10INO/c1-6-8(7(2)12)4-11(3)5-9(6)10/h4-5H,1H2,2-3H3. The minimum atomic E-state index is 0.0640. The predicted octanol–water partition coefficient (Wildman–Crippen LogP) is 2.24. The second-order valence-corrected chi connectivity index (χ2v) is 3.88. The second-order valence-electron chi connectivity index (χ2n) is 2.72. The summed E-state index contributed by atoms with van der Waals surface area (Å²) in [5.41, 5.74) is 1.52. The van der Waals surface area contributed by atoms with Gasteiger partial charge in [-0.3, -0.25) is 4.79 Å². The Hall–Kier alpha value is -0.580. The van der Waals surface area contributed by atoms with Crippen molar-refractivity contribution in [2.24, 2.45) is 0 Å². The predicted molar refractivity (Wildman–Crippen MR) is 57.8 cm³/mol. The highest BCUT2D eigenvalue weighted by Crippen LogP contribution is 2.28. The summed E-state index contributed by atoms with van der Waals surface area (Å²) in [7, 11) is 1.90. The maximum atomic E-state index is 11.1. The molecule has 1 aliphatic rings. The SMILES string of the molecule is C=C1C(I)=CN(C)C=C1C(C)=O. The largest absolute Gasteiger partial charge is 0.355 e. The molecule has 0 bridgehead atoms. The van der Waals surface area contributed by atoms with E-state index in [1.165, 1.54) is 0 Å². The van der Waals surface area contributed by atoms with Crippen molar-refractivity contribution in [1.82, 2.24) is 4.90 Å². The van der Waals surface area contributed by atoms with E-state index in [1.807, 2.05) is 18.1 Å². The van der Waals surface area contributed by atoms with Crippen molar-refractivity contribution >= 4 is 28.4 Å². The summed E-state index contributed by atoms with van der Waals surface area (Å²) in [4.78, 5) is 13.0. The van der Waals surface area contributed by atoms with Crippen LogP contribution in [0.5, 0.6) is 0 Å². The second kappa shape index (κ2) is 3.43. The molecule has 0 atom stereocenters. The molecule has 0 amide bonds. The van der Waals surface area contributed by atoms with Gasteiger partial charge >= 0.3 is 0 Å². The maximum absolute atomic E-state index is 11.1. The molecule has 1 aliphatic heterocycles. The smallest absolute Gasteiger partial charge is 0.161 e. The maximum Gasteiger partial charge on any atom is 0.161 e. The van der Waals surface area contributed by atoms with Gasteiger partial charge in [-0.15, -0.1) is 0 Å². The average Bonchev–Trinajstić information content (AvgIpc) is 1.96. The monoisotopic (exact) mass is 275 g/mol. The summed E-state index contributed by atoms with van der Waals surface area (Å²) in [6, 6.07) is 0. The Morgan fingerprint density at radius 1 is 1.58 bits per heavy atom. The van der Waals surface area contributed by atoms with Crippen LogP contribution in [0.1, 0.15) is 6.92 Å². The molecular formula is C9H10INO. The van der Waals surface area contributed by atoms with Crippen molar-refractivity contribution < 1.29 is 4.79 Å². The fraction of sp³-hybridized carbons (Fsp3) is 0.222. The van der Waals surface area contributed by atoms with Gasteiger partial charge in [0.25, 0.3) is 0 Å². The molecule has 0 fully saturated rings. The third kappa shape index (κ3) is 1.77. The van der Waals surface area contributed by atoms with E-state index in [4.69, 9.17) is 0 Å². The molecule has 0 radical (unpaired) electrons. The van der Waals surface area contributed by atoms with Crippen LogP contribution >= 0.6 is 22.6 Å². The molecule has 0 spiro atoms. The number of nitrogens with zero attached hydrogens (tertiary/aromatic N) is 1. The van der Waals surface area contributed by atoms with Crippen LogP contribution in [-0.2, 0) is 4.79 Å². The highest BCUT2D eigenvalue weighted by Gasteiger charge is 2.15. The molecule has 0 saturated carbocycles. The fourth-order valence-electron chi connectivity index (χ4n) is 1.01. The minimum Gasteiger partial charge on any atom is -0.355 e. The number of Topliss-reactive ketones (excluding diaryl/α,β-unsaturated/α-hetero) is 1. The first kappa shape index (κ1) is 9.51. The van der Waals surface area contributed by atoms with E-state index in [0.717, 1.165) is 9.15 Å². The zero-order valence-electron chi connectivity index (χ0n) is 7.10. The molecule has 1 rings (SSSR count). The molecule has 64 valence electrons. The first-order valence-electron chi connectivity index (χ1n) is 3.54. The number of carbonyl (C=O) groups is 1. The van der Waals surface area contributed by atoms with Crippen molar-refractivity contribution in [3.8, 4) is 0 Å². The quantitative estimate of drug-likeness (QED) is 0.684. The van der Waals surface area contributed by atoms with Crippen LogP contribution in [-0.4, -0.2) is 17.7 Å². The van der Waals surface area contributed by atoms with Gasteiger partial charge in [-0.05, 0) is 35.1 Å². The minimum absolute atomic E-state index is 0.0640. The number of allylic oxidation sites excluding steroid dienone is 3. The van der Waals surface area contributed by atoms with E-state index in [1.54, 1.807) is 13.1 Å². The average molecular weight is 275 g/mol. The van der Waals surface area contributed by atoms with Crippen molar-refractivity contribution in [2.75, 3.05) is 7.05 Å². The molecule has 0 aliphatic carbocycles. The summed E-state index contributed by atoms with van der Waals surface area (Å²) in [5, 5.41) is 0. The van der Waals surface area contributed by atoms with Crippen LogP contribution in [0, 0.1) is 0 Å². The van der Waals surface area contributed by atoms with E-state index < -0.39 is 0 Å². The number of carbonyl (C=O) groups excluding carboxylic acids is 1. The first-order chi connectivity index (χ1) is 5.52. The van der Waals surface area contributed by atoms with E-state index in [-0.39, 0.29) is 5.78 Å². The topological polar surface area (TPSA) is 20.3 Å². The first-order valence-corrected chi connectivity index (χ1v) is 4.62. The van der Waals surface area contributed by atoms with Gasteiger partial charge in [-0.2, -0.15) is 0 Å². The summed E-state index contributed by atoms with van der Waals surface area (Å²) in [6.07, 6.45) is 3.74. The number of hydrogen-bond acceptors (Lipinski definition) is 2. The summed E-state index contributed by atoms with van der Waals surface area (Å²) >= 11 is 2.17. The molecule has 3 heteroatoms. The molecule has 0 N–H and O–H groups in total. The normalized spacial score (nSPS) is 17.2. The molecule has 1 heterocycles. The van der Waals surface area contributed by atoms with E-state index in [9.17, 15) is 4.79 Å². The van der Waals surface area contributed by atoms with Gasteiger partial charge < -0.3 is 4.90 Å². The van der Waals surface area contributed by atoms with Gasteiger partial charge in [0.15, 0.2) is 5.78 Å². The molecule has 12 heavy (non-hydrogen) atoms. The summed E-state index contributed by atoms with van der Waals surface area (Å²) in [6.45, 7) is 5.40. The van der Waals surface area contributed by atoms with Crippen molar-refractivity contribution in [2.45, 2.75) is 6.92 Å². The number of halogens is 1. The summed E-state index contributed by atoms with van der Waals surface area (Å²) in [5.74, 6) is 0.0640. The number of ketones is 1. The van der Waals surface area contributed by atoms with Crippen LogP contribution in [0.2, 0.25) is 0 Å². The lowest BCUT2D eigenvalue weighted by atomic mass is 10.0. The molecule has 2 nitrogen and oxygen atoms in total. The van der Waals surface area contributed by atoms with Crippen LogP contribution in [0.15, 0.2) is 33.7 Å². The fourth-order valence-corrected chi connectivity index (χ4v) is 1.74. The van der Waals surface area contributed by atoms with Gasteiger partial charge in [0.2, 0.25) is 0 Å². The molecule has 0 unspecified atom stereocenters. The molecule has 0 saturated heterocycles. The van der Waals surface area contributed by atoms with Gasteiger partial charge in [0.1, 0.15) is 0 Å². The lowest BCUT2D eigenvalue weighted by Gasteiger charge is -2.19. The van der Waals surface area contributed by atoms with Crippen molar-refractivity contribution in [3.05, 3.63) is 33.7 Å². The van der Waals surface area contributed by atoms with Crippen molar-refractivity contribution in [3.63, 3.8) is 0 Å². The lowest BCUT2D eigenvalue weighted by Crippen LogP contribution is -2.13. The Labute approximate surface area is 85.8 Å². The number of rotatable bonds is 1. The Morgan fingerprint density at radius 2 is 2.17 bits per heavy atom. The third-order valence-electron chi connectivity index (χ3n) is 1.64. The van der Waals surface area contributed by atoms with Crippen LogP contribution in [0.4, 0.5) is 0 Å². The summed E-state index contributed by atoms with van der Waals surface area (Å²) < 4.78 is 1.02. The zero-order chi connectivity index (χ0) is 9.30. The highest BCUT2D eigenvalue weighted by molar-refractivity contribution is 14.1. The zero-order valence-corrected chi connectivity index (χ0v) is 9.25. The Bertz CT molecular complexity index is 302. The third-order valence-corrected chi connectivity index (χ3v) is 2.57. The highest BCUT2D eigenvalue weighted by atomic mass is 127. The van der Waals surface area contributed by atoms with Crippen molar-refractivity contribution in [1.29, 1.82) is 0 Å². The van der Waals surface area contributed by atoms with Gasteiger partial charge in [0, 0.05) is 28.6 Å². The molecule has 0 aromatic rings. The Balaban J connectivity index is 3.04. The Morgan fingerprint density at radius 3 is 2.67 bits per heavy atom. The van der Waals surface area contributed by atoms with Crippen LogP contribution in [0.25, 0.3) is 0 Å². The van der Waals surface area contributed by atoms with Gasteiger partial charge in [-0.25, -0.2) is 0 Å². The van der Waals surface area contributed by atoms with E-state index >= 15 is 0 Å². The van der Waals surface area contributed by atoms with E-state index in [2.05, 4.69) is 29.2 Å². The van der Waals surface area contributed by atoms with Gasteiger partial charge in [-0.1, -0.05) is 6.58 Å². The molecule has 0 aromatic heterocycles. The van der Waals surface area contributed by atoms with Gasteiger partial charge in [0.05, 0.1) is 0 Å². The molecule has 0 aromatic carbocycles. The van der Waals surface area contributed by atoms with E-state index in [0.29, 0.717) is 5.57 Å². The lowest BCUT2D eigenvalue weighted by molar-refractivity contribution is -0.113.